The van der Waals surface area contributed by atoms with Crippen molar-refractivity contribution >= 4 is 35.3 Å². The molecule has 0 spiro atoms. The number of phenolic OH excluding ortho intramolecular Hbond substituents is 1. The summed E-state index contributed by atoms with van der Waals surface area (Å²) in [5.74, 6) is -1.32. The number of hydrazone groups is 1. The highest BCUT2D eigenvalue weighted by atomic mass is 35.5. The maximum absolute atomic E-state index is 11.8. The largest absolute Gasteiger partial charge is 0.508 e. The number of rotatable bonds is 4. The van der Waals surface area contributed by atoms with Crippen LogP contribution in [-0.4, -0.2) is 30.2 Å². The normalized spacial score (nSPS) is 10.4. The van der Waals surface area contributed by atoms with Crippen LogP contribution in [0.2, 0.25) is 5.02 Å². The molecule has 24 heavy (non-hydrogen) atoms. The maximum atomic E-state index is 11.8. The summed E-state index contributed by atoms with van der Waals surface area (Å²) >= 11 is 5.94. The van der Waals surface area contributed by atoms with E-state index >= 15 is 0 Å². The van der Waals surface area contributed by atoms with Crippen molar-refractivity contribution in [2.45, 2.75) is 0 Å². The number of hydrogen-bond donors (Lipinski definition) is 3. The highest BCUT2D eigenvalue weighted by Crippen LogP contribution is 2.27. The summed E-state index contributed by atoms with van der Waals surface area (Å²) in [7, 11) is 1.47. The van der Waals surface area contributed by atoms with Gasteiger partial charge in [0.15, 0.2) is 0 Å². The van der Waals surface area contributed by atoms with E-state index in [0.29, 0.717) is 22.0 Å². The predicted molar refractivity (Wildman–Crippen MR) is 90.5 cm³/mol. The first-order chi connectivity index (χ1) is 11.5. The van der Waals surface area contributed by atoms with E-state index in [9.17, 15) is 14.7 Å². The Hall–Kier alpha value is -3.06. The first-order valence-corrected chi connectivity index (χ1v) is 7.14. The third-order valence-corrected chi connectivity index (χ3v) is 3.16. The minimum absolute atomic E-state index is 0.0689. The fourth-order valence-electron chi connectivity index (χ4n) is 1.75. The number of methoxy groups -OCH3 is 1. The van der Waals surface area contributed by atoms with Gasteiger partial charge >= 0.3 is 11.8 Å². The van der Waals surface area contributed by atoms with Gasteiger partial charge in [-0.05, 0) is 35.9 Å². The van der Waals surface area contributed by atoms with E-state index in [4.69, 9.17) is 16.3 Å². The van der Waals surface area contributed by atoms with E-state index in [0.717, 1.165) is 0 Å². The maximum Gasteiger partial charge on any atom is 0.329 e. The van der Waals surface area contributed by atoms with Crippen LogP contribution in [0.3, 0.4) is 0 Å². The summed E-state index contributed by atoms with van der Waals surface area (Å²) in [4.78, 5) is 23.4. The second kappa shape index (κ2) is 7.98. The molecule has 0 fully saturated rings. The highest BCUT2D eigenvalue weighted by molar-refractivity contribution is 6.40. The average molecular weight is 348 g/mol. The molecule has 0 saturated carbocycles. The van der Waals surface area contributed by atoms with Crippen molar-refractivity contribution in [3.63, 3.8) is 0 Å². The van der Waals surface area contributed by atoms with Gasteiger partial charge in [0.1, 0.15) is 11.5 Å². The van der Waals surface area contributed by atoms with E-state index in [1.54, 1.807) is 24.3 Å². The SMILES string of the molecule is COc1ccc(NC(=O)C(=O)N/N=C\c2cccc(O)c2)cc1Cl. The molecule has 2 amide bonds. The summed E-state index contributed by atoms with van der Waals surface area (Å²) in [6.45, 7) is 0. The molecule has 0 aliphatic rings. The van der Waals surface area contributed by atoms with Crippen LogP contribution in [0.25, 0.3) is 0 Å². The van der Waals surface area contributed by atoms with Crippen molar-refractivity contribution in [1.82, 2.24) is 5.43 Å². The van der Waals surface area contributed by atoms with Crippen molar-refractivity contribution in [1.29, 1.82) is 0 Å². The molecule has 0 unspecified atom stereocenters. The number of benzene rings is 2. The zero-order valence-electron chi connectivity index (χ0n) is 12.6. The summed E-state index contributed by atoms with van der Waals surface area (Å²) in [6, 6.07) is 10.8. The Labute approximate surface area is 142 Å². The lowest BCUT2D eigenvalue weighted by atomic mass is 10.2. The van der Waals surface area contributed by atoms with Crippen molar-refractivity contribution < 1.29 is 19.4 Å². The van der Waals surface area contributed by atoms with Gasteiger partial charge in [-0.2, -0.15) is 5.10 Å². The van der Waals surface area contributed by atoms with Crippen molar-refractivity contribution in [3.8, 4) is 11.5 Å². The van der Waals surface area contributed by atoms with Gasteiger partial charge in [-0.1, -0.05) is 23.7 Å². The van der Waals surface area contributed by atoms with Gasteiger partial charge in [-0.15, -0.1) is 0 Å². The van der Waals surface area contributed by atoms with Crippen molar-refractivity contribution in [2.24, 2.45) is 5.10 Å². The molecule has 2 aromatic rings. The minimum Gasteiger partial charge on any atom is -0.508 e. The molecular formula is C16H14ClN3O4. The Morgan fingerprint density at radius 2 is 2.00 bits per heavy atom. The van der Waals surface area contributed by atoms with Gasteiger partial charge in [-0.25, -0.2) is 5.43 Å². The zero-order valence-corrected chi connectivity index (χ0v) is 13.4. The smallest absolute Gasteiger partial charge is 0.329 e. The average Bonchev–Trinajstić information content (AvgIpc) is 2.55. The second-order valence-corrected chi connectivity index (χ2v) is 5.00. The lowest BCUT2D eigenvalue weighted by molar-refractivity contribution is -0.136. The van der Waals surface area contributed by atoms with Crippen LogP contribution < -0.4 is 15.5 Å². The zero-order chi connectivity index (χ0) is 17.5. The molecule has 0 radical (unpaired) electrons. The molecule has 124 valence electrons. The number of nitrogens with zero attached hydrogens (tertiary/aromatic N) is 1. The van der Waals surface area contributed by atoms with Crippen LogP contribution >= 0.6 is 11.6 Å². The van der Waals surface area contributed by atoms with Gasteiger partial charge in [0.25, 0.3) is 0 Å². The first kappa shape index (κ1) is 17.3. The Balaban J connectivity index is 1.92. The van der Waals surface area contributed by atoms with Gasteiger partial charge < -0.3 is 15.2 Å². The standard InChI is InChI=1S/C16H14ClN3O4/c1-24-14-6-5-11(8-13(14)17)19-15(22)16(23)20-18-9-10-3-2-4-12(21)7-10/h2-9,21H,1H3,(H,19,22)(H,20,23)/b18-9-. The molecule has 7 nitrogen and oxygen atoms in total. The van der Waals surface area contributed by atoms with Gasteiger partial charge in [0.2, 0.25) is 0 Å². The molecule has 3 N–H and O–H groups in total. The second-order valence-electron chi connectivity index (χ2n) is 4.60. The number of hydrogen-bond acceptors (Lipinski definition) is 5. The Bertz CT molecular complexity index is 793. The van der Waals surface area contributed by atoms with Crippen LogP contribution in [0.5, 0.6) is 11.5 Å². The quantitative estimate of drug-likeness (QED) is 0.448. The van der Waals surface area contributed by atoms with Crippen LogP contribution in [-0.2, 0) is 9.59 Å². The molecule has 0 bridgehead atoms. The Morgan fingerprint density at radius 1 is 1.21 bits per heavy atom. The molecule has 0 aliphatic carbocycles. The topological polar surface area (TPSA) is 100 Å². The number of anilines is 1. The molecule has 2 rings (SSSR count). The molecular weight excluding hydrogens is 334 g/mol. The van der Waals surface area contributed by atoms with Crippen LogP contribution in [0, 0.1) is 0 Å². The van der Waals surface area contributed by atoms with Crippen LogP contribution in [0.4, 0.5) is 5.69 Å². The molecule has 2 aromatic carbocycles. The van der Waals surface area contributed by atoms with Crippen molar-refractivity contribution in [2.75, 3.05) is 12.4 Å². The lowest BCUT2D eigenvalue weighted by Gasteiger charge is -2.07. The van der Waals surface area contributed by atoms with E-state index in [1.165, 1.54) is 31.5 Å². The number of ether oxygens (including phenoxy) is 1. The van der Waals surface area contributed by atoms with E-state index < -0.39 is 11.8 Å². The number of aromatic hydroxyl groups is 1. The monoisotopic (exact) mass is 347 g/mol. The summed E-state index contributed by atoms with van der Waals surface area (Å²) in [6.07, 6.45) is 1.30. The summed E-state index contributed by atoms with van der Waals surface area (Å²) < 4.78 is 5.00. The van der Waals surface area contributed by atoms with Crippen LogP contribution in [0.15, 0.2) is 47.6 Å². The third kappa shape index (κ3) is 4.72. The van der Waals surface area contributed by atoms with Crippen LogP contribution in [0.1, 0.15) is 5.56 Å². The fraction of sp³-hybridized carbons (Fsp3) is 0.0625. The molecule has 0 atom stereocenters. The molecule has 0 aromatic heterocycles. The number of nitrogens with one attached hydrogen (secondary N) is 2. The van der Waals surface area contributed by atoms with Gasteiger partial charge in [0, 0.05) is 5.69 Å². The van der Waals surface area contributed by atoms with E-state index in [-0.39, 0.29) is 5.75 Å². The lowest BCUT2D eigenvalue weighted by Crippen LogP contribution is -2.32. The molecule has 8 heteroatoms. The van der Waals surface area contributed by atoms with E-state index in [1.807, 2.05) is 0 Å². The van der Waals surface area contributed by atoms with Gasteiger partial charge in [-0.3, -0.25) is 9.59 Å². The number of phenols is 1. The minimum atomic E-state index is -0.946. The van der Waals surface area contributed by atoms with Crippen molar-refractivity contribution in [3.05, 3.63) is 53.1 Å². The number of carbonyl (C=O) groups is 2. The Kier molecular flexibility index (Phi) is 5.75. The summed E-state index contributed by atoms with van der Waals surface area (Å²) in [5, 5.41) is 15.6. The number of halogens is 1. The molecule has 0 aliphatic heterocycles. The highest BCUT2D eigenvalue weighted by Gasteiger charge is 2.13. The fourth-order valence-corrected chi connectivity index (χ4v) is 2.01. The van der Waals surface area contributed by atoms with E-state index in [2.05, 4.69) is 15.8 Å². The predicted octanol–water partition coefficient (Wildman–Crippen LogP) is 2.14. The Morgan fingerprint density at radius 3 is 2.67 bits per heavy atom. The first-order valence-electron chi connectivity index (χ1n) is 6.76. The summed E-state index contributed by atoms with van der Waals surface area (Å²) in [5.41, 5.74) is 3.00. The number of amides is 2. The number of carbonyl (C=O) groups excluding carboxylic acids is 2. The van der Waals surface area contributed by atoms with Gasteiger partial charge in [0.05, 0.1) is 18.3 Å². The molecule has 0 saturated heterocycles. The third-order valence-electron chi connectivity index (χ3n) is 2.87. The molecule has 0 heterocycles.